The van der Waals surface area contributed by atoms with E-state index in [9.17, 15) is 0 Å². The van der Waals surface area contributed by atoms with E-state index in [0.717, 1.165) is 12.0 Å². The maximum Gasteiger partial charge on any atom is 0.00938 e. The summed E-state index contributed by atoms with van der Waals surface area (Å²) in [5.41, 5.74) is 0. The Morgan fingerprint density at radius 2 is 1.78 bits per heavy atom. The molecule has 0 amide bonds. The zero-order valence-electron chi connectivity index (χ0n) is 13.0. The van der Waals surface area contributed by atoms with Gasteiger partial charge in [0, 0.05) is 12.1 Å². The summed E-state index contributed by atoms with van der Waals surface area (Å²) < 4.78 is 0. The van der Waals surface area contributed by atoms with Gasteiger partial charge in [-0.15, -0.1) is 0 Å². The first-order chi connectivity index (χ1) is 8.61. The van der Waals surface area contributed by atoms with Crippen molar-refractivity contribution in [2.75, 3.05) is 19.6 Å². The monoisotopic (exact) mass is 254 g/mol. The Morgan fingerprint density at radius 1 is 1.11 bits per heavy atom. The second-order valence-electron chi connectivity index (χ2n) is 6.51. The Labute approximate surface area is 115 Å². The zero-order chi connectivity index (χ0) is 13.4. The summed E-state index contributed by atoms with van der Waals surface area (Å²) in [4.78, 5) is 2.61. The molecule has 0 spiro atoms. The third kappa shape index (κ3) is 6.75. The van der Waals surface area contributed by atoms with Gasteiger partial charge in [-0.1, -0.05) is 33.6 Å². The van der Waals surface area contributed by atoms with E-state index < -0.39 is 0 Å². The number of hydrogen-bond donors (Lipinski definition) is 1. The van der Waals surface area contributed by atoms with Crippen LogP contribution < -0.4 is 5.32 Å². The first-order valence-corrected chi connectivity index (χ1v) is 8.10. The van der Waals surface area contributed by atoms with E-state index in [1.165, 1.54) is 58.2 Å². The normalized spacial score (nSPS) is 20.5. The van der Waals surface area contributed by atoms with Crippen LogP contribution in [0, 0.1) is 5.92 Å². The van der Waals surface area contributed by atoms with Crippen LogP contribution in [0.2, 0.25) is 0 Å². The van der Waals surface area contributed by atoms with E-state index in [1.54, 1.807) is 0 Å². The maximum absolute atomic E-state index is 3.83. The average Bonchev–Trinajstić information content (AvgIpc) is 2.31. The molecule has 1 N–H and O–H groups in total. The molecule has 0 aromatic rings. The first kappa shape index (κ1) is 16.0. The van der Waals surface area contributed by atoms with Crippen LogP contribution in [0.5, 0.6) is 0 Å². The second kappa shape index (κ2) is 8.92. The molecule has 1 saturated heterocycles. The molecule has 0 saturated carbocycles. The van der Waals surface area contributed by atoms with Crippen molar-refractivity contribution in [2.45, 2.75) is 78.3 Å². The van der Waals surface area contributed by atoms with Crippen LogP contribution in [-0.2, 0) is 0 Å². The lowest BCUT2D eigenvalue weighted by atomic mass is 10.0. The molecule has 0 aromatic carbocycles. The van der Waals surface area contributed by atoms with Crippen LogP contribution in [0.15, 0.2) is 0 Å². The van der Waals surface area contributed by atoms with Crippen molar-refractivity contribution in [1.82, 2.24) is 10.2 Å². The van der Waals surface area contributed by atoms with Crippen molar-refractivity contribution >= 4 is 0 Å². The summed E-state index contributed by atoms with van der Waals surface area (Å²) in [5, 5.41) is 3.83. The highest BCUT2D eigenvalue weighted by atomic mass is 15.1. The van der Waals surface area contributed by atoms with Crippen molar-refractivity contribution in [2.24, 2.45) is 5.92 Å². The molecular weight excluding hydrogens is 220 g/mol. The molecule has 0 aromatic heterocycles. The summed E-state index contributed by atoms with van der Waals surface area (Å²) in [6.45, 7) is 13.2. The Kier molecular flexibility index (Phi) is 7.92. The standard InChI is InChI=1S/C16H34N2/c1-5-11-18-12-9-16(10-13-18)17-15(4)8-6-7-14(2)3/h14-17H,5-13H2,1-4H3/t15-/m1/s1. The lowest BCUT2D eigenvalue weighted by molar-refractivity contribution is 0.190. The largest absolute Gasteiger partial charge is 0.311 e. The molecule has 1 aliphatic rings. The number of likely N-dealkylation sites (tertiary alicyclic amines) is 1. The molecule has 2 nitrogen and oxygen atoms in total. The predicted molar refractivity (Wildman–Crippen MR) is 81.0 cm³/mol. The molecule has 1 heterocycles. The number of piperidine rings is 1. The lowest BCUT2D eigenvalue weighted by Crippen LogP contribution is -2.45. The van der Waals surface area contributed by atoms with Crippen LogP contribution >= 0.6 is 0 Å². The van der Waals surface area contributed by atoms with E-state index in [1.807, 2.05) is 0 Å². The van der Waals surface area contributed by atoms with E-state index in [4.69, 9.17) is 0 Å². The fourth-order valence-corrected chi connectivity index (χ4v) is 2.96. The molecule has 18 heavy (non-hydrogen) atoms. The minimum Gasteiger partial charge on any atom is -0.311 e. The quantitative estimate of drug-likeness (QED) is 0.711. The molecule has 0 aliphatic carbocycles. The number of rotatable bonds is 8. The van der Waals surface area contributed by atoms with Gasteiger partial charge in [0.2, 0.25) is 0 Å². The van der Waals surface area contributed by atoms with Gasteiger partial charge in [0.15, 0.2) is 0 Å². The number of nitrogens with zero attached hydrogens (tertiary/aromatic N) is 1. The molecule has 1 aliphatic heterocycles. The van der Waals surface area contributed by atoms with Crippen LogP contribution in [0.4, 0.5) is 0 Å². The highest BCUT2D eigenvalue weighted by Crippen LogP contribution is 2.13. The van der Waals surface area contributed by atoms with Crippen LogP contribution in [0.25, 0.3) is 0 Å². The fourth-order valence-electron chi connectivity index (χ4n) is 2.96. The summed E-state index contributed by atoms with van der Waals surface area (Å²) in [6.07, 6.45) is 8.07. The van der Waals surface area contributed by atoms with E-state index in [2.05, 4.69) is 37.9 Å². The molecule has 0 radical (unpaired) electrons. The molecule has 108 valence electrons. The smallest absolute Gasteiger partial charge is 0.00938 e. The van der Waals surface area contributed by atoms with Gasteiger partial charge in [-0.2, -0.15) is 0 Å². The highest BCUT2D eigenvalue weighted by Gasteiger charge is 2.19. The predicted octanol–water partition coefficient (Wildman–Crippen LogP) is 3.67. The minimum absolute atomic E-state index is 0.700. The van der Waals surface area contributed by atoms with Gasteiger partial charge in [0.1, 0.15) is 0 Å². The SMILES string of the molecule is CCCN1CCC(N[C@H](C)CCCC(C)C)CC1. The minimum atomic E-state index is 0.700. The Morgan fingerprint density at radius 3 is 2.33 bits per heavy atom. The number of hydrogen-bond acceptors (Lipinski definition) is 2. The molecule has 1 fully saturated rings. The van der Waals surface area contributed by atoms with Gasteiger partial charge < -0.3 is 10.2 Å². The molecule has 0 bridgehead atoms. The summed E-state index contributed by atoms with van der Waals surface area (Å²) >= 11 is 0. The first-order valence-electron chi connectivity index (χ1n) is 8.10. The Balaban J connectivity index is 2.08. The van der Waals surface area contributed by atoms with Gasteiger partial charge in [0.25, 0.3) is 0 Å². The van der Waals surface area contributed by atoms with Crippen LogP contribution in [0.3, 0.4) is 0 Å². The maximum atomic E-state index is 3.83. The zero-order valence-corrected chi connectivity index (χ0v) is 13.0. The van der Waals surface area contributed by atoms with Crippen molar-refractivity contribution in [3.05, 3.63) is 0 Å². The van der Waals surface area contributed by atoms with Crippen LogP contribution in [-0.4, -0.2) is 36.6 Å². The third-order valence-electron chi connectivity index (χ3n) is 4.07. The van der Waals surface area contributed by atoms with Gasteiger partial charge in [0.05, 0.1) is 0 Å². The average molecular weight is 254 g/mol. The molecule has 0 unspecified atom stereocenters. The van der Waals surface area contributed by atoms with Gasteiger partial charge in [-0.3, -0.25) is 0 Å². The lowest BCUT2D eigenvalue weighted by Gasteiger charge is -2.33. The van der Waals surface area contributed by atoms with E-state index >= 15 is 0 Å². The second-order valence-corrected chi connectivity index (χ2v) is 6.51. The molecule has 1 atom stereocenters. The summed E-state index contributed by atoms with van der Waals surface area (Å²) in [5.74, 6) is 0.856. The molecular formula is C16H34N2. The molecule has 1 rings (SSSR count). The van der Waals surface area contributed by atoms with E-state index in [-0.39, 0.29) is 0 Å². The number of nitrogens with one attached hydrogen (secondary N) is 1. The van der Waals surface area contributed by atoms with Crippen molar-refractivity contribution in [1.29, 1.82) is 0 Å². The van der Waals surface area contributed by atoms with Crippen molar-refractivity contribution in [3.8, 4) is 0 Å². The Bertz CT molecular complexity index is 195. The van der Waals surface area contributed by atoms with Gasteiger partial charge >= 0.3 is 0 Å². The van der Waals surface area contributed by atoms with Crippen LogP contribution in [0.1, 0.15) is 66.2 Å². The highest BCUT2D eigenvalue weighted by molar-refractivity contribution is 4.79. The summed E-state index contributed by atoms with van der Waals surface area (Å²) in [6, 6.07) is 1.47. The van der Waals surface area contributed by atoms with Crippen molar-refractivity contribution < 1.29 is 0 Å². The van der Waals surface area contributed by atoms with Crippen molar-refractivity contribution in [3.63, 3.8) is 0 Å². The summed E-state index contributed by atoms with van der Waals surface area (Å²) in [7, 11) is 0. The Hall–Kier alpha value is -0.0800. The fraction of sp³-hybridized carbons (Fsp3) is 1.00. The van der Waals surface area contributed by atoms with E-state index in [0.29, 0.717) is 6.04 Å². The molecule has 2 heteroatoms. The van der Waals surface area contributed by atoms with Gasteiger partial charge in [-0.05, 0) is 58.2 Å². The third-order valence-corrected chi connectivity index (χ3v) is 4.07. The topological polar surface area (TPSA) is 15.3 Å². The van der Waals surface area contributed by atoms with Gasteiger partial charge in [-0.25, -0.2) is 0 Å².